The number of nitrogens with two attached hydrogens (primary N) is 1. The molecule has 0 fully saturated rings. The van der Waals surface area contributed by atoms with Crippen molar-refractivity contribution in [2.24, 2.45) is 11.7 Å². The van der Waals surface area contributed by atoms with E-state index in [4.69, 9.17) is 5.73 Å². The van der Waals surface area contributed by atoms with Crippen molar-refractivity contribution in [2.45, 2.75) is 26.2 Å². The van der Waals surface area contributed by atoms with Gasteiger partial charge in [0.1, 0.15) is 5.00 Å². The molecular weight excluding hydrogens is 423 g/mol. The summed E-state index contributed by atoms with van der Waals surface area (Å²) in [5, 5.41) is 3.47. The van der Waals surface area contributed by atoms with E-state index in [0.29, 0.717) is 22.0 Å². The van der Waals surface area contributed by atoms with Crippen LogP contribution in [0.25, 0.3) is 0 Å². The molecule has 6 heteroatoms. The first-order chi connectivity index (χ1) is 11.0. The summed E-state index contributed by atoms with van der Waals surface area (Å²) >= 11 is 3.65. The minimum atomic E-state index is -0.463. The third kappa shape index (κ3) is 3.42. The molecule has 0 spiro atoms. The average molecular weight is 440 g/mol. The molecule has 120 valence electrons. The van der Waals surface area contributed by atoms with Crippen LogP contribution in [0.4, 0.5) is 5.00 Å². The quantitative estimate of drug-likeness (QED) is 0.713. The lowest BCUT2D eigenvalue weighted by atomic mass is 9.88. The second kappa shape index (κ2) is 6.60. The maximum Gasteiger partial charge on any atom is 0.256 e. The van der Waals surface area contributed by atoms with Crippen molar-refractivity contribution in [3.05, 3.63) is 49.4 Å². The summed E-state index contributed by atoms with van der Waals surface area (Å²) < 4.78 is 0.990. The molecule has 1 aromatic heterocycles. The third-order valence-corrected chi connectivity index (χ3v) is 5.91. The smallest absolute Gasteiger partial charge is 0.256 e. The van der Waals surface area contributed by atoms with Gasteiger partial charge in [-0.25, -0.2) is 0 Å². The van der Waals surface area contributed by atoms with Crippen LogP contribution in [0.15, 0.2) is 24.3 Å². The number of carbonyl (C=O) groups excluding carboxylic acids is 2. The van der Waals surface area contributed by atoms with Gasteiger partial charge in [0.25, 0.3) is 11.8 Å². The van der Waals surface area contributed by atoms with Gasteiger partial charge in [-0.05, 0) is 71.5 Å². The van der Waals surface area contributed by atoms with Crippen LogP contribution >= 0.6 is 33.9 Å². The van der Waals surface area contributed by atoms with Gasteiger partial charge in [0.2, 0.25) is 0 Å². The summed E-state index contributed by atoms with van der Waals surface area (Å²) in [5.74, 6) is -0.0752. The molecule has 4 nitrogen and oxygen atoms in total. The lowest BCUT2D eigenvalue weighted by Crippen LogP contribution is -2.19. The predicted molar refractivity (Wildman–Crippen MR) is 101 cm³/mol. The van der Waals surface area contributed by atoms with Crippen LogP contribution in [0.3, 0.4) is 0 Å². The lowest BCUT2D eigenvalue weighted by molar-refractivity contribution is 0.1000. The van der Waals surface area contributed by atoms with E-state index in [1.165, 1.54) is 16.2 Å². The van der Waals surface area contributed by atoms with E-state index in [1.807, 2.05) is 18.2 Å². The van der Waals surface area contributed by atoms with Crippen LogP contribution in [0, 0.1) is 9.49 Å². The first kappa shape index (κ1) is 16.4. The molecule has 1 atom stereocenters. The number of hydrogen-bond donors (Lipinski definition) is 2. The zero-order valence-electron chi connectivity index (χ0n) is 12.7. The van der Waals surface area contributed by atoms with Crippen LogP contribution in [-0.4, -0.2) is 11.8 Å². The summed E-state index contributed by atoms with van der Waals surface area (Å²) in [6.45, 7) is 2.21. The molecule has 0 bridgehead atoms. The van der Waals surface area contributed by atoms with Crippen LogP contribution in [0.1, 0.15) is 44.5 Å². The van der Waals surface area contributed by atoms with Gasteiger partial charge in [0, 0.05) is 14.0 Å². The molecule has 2 amide bonds. The van der Waals surface area contributed by atoms with Gasteiger partial charge in [-0.3, -0.25) is 9.59 Å². The zero-order valence-corrected chi connectivity index (χ0v) is 15.7. The minimum Gasteiger partial charge on any atom is -0.365 e. The van der Waals surface area contributed by atoms with Crippen molar-refractivity contribution >= 4 is 50.7 Å². The highest BCUT2D eigenvalue weighted by atomic mass is 127. The Morgan fingerprint density at radius 1 is 1.39 bits per heavy atom. The molecule has 2 aromatic rings. The summed E-state index contributed by atoms with van der Waals surface area (Å²) in [6, 6.07) is 7.34. The average Bonchev–Trinajstić information content (AvgIpc) is 2.84. The van der Waals surface area contributed by atoms with Gasteiger partial charge in [0.15, 0.2) is 0 Å². The number of anilines is 1. The molecule has 0 aliphatic heterocycles. The Bertz CT molecular complexity index is 785. The van der Waals surface area contributed by atoms with Crippen molar-refractivity contribution in [3.63, 3.8) is 0 Å². The number of primary amides is 1. The van der Waals surface area contributed by atoms with E-state index < -0.39 is 5.91 Å². The van der Waals surface area contributed by atoms with Gasteiger partial charge >= 0.3 is 0 Å². The van der Waals surface area contributed by atoms with E-state index in [1.54, 1.807) is 6.07 Å². The van der Waals surface area contributed by atoms with E-state index in [2.05, 4.69) is 34.8 Å². The predicted octanol–water partition coefficient (Wildman–Crippen LogP) is 3.83. The highest BCUT2D eigenvalue weighted by Crippen LogP contribution is 2.39. The SMILES string of the molecule is CC1CCc2c(sc(NC(=O)c3cccc(I)c3)c2C(N)=O)C1. The third-order valence-electron chi connectivity index (χ3n) is 4.07. The normalized spacial score (nSPS) is 16.7. The molecule has 3 N–H and O–H groups in total. The molecule has 23 heavy (non-hydrogen) atoms. The first-order valence-corrected chi connectivity index (χ1v) is 9.36. The zero-order chi connectivity index (χ0) is 16.6. The topological polar surface area (TPSA) is 72.2 Å². The summed E-state index contributed by atoms with van der Waals surface area (Å²) in [4.78, 5) is 25.5. The van der Waals surface area contributed by atoms with Crippen LogP contribution < -0.4 is 11.1 Å². The van der Waals surface area contributed by atoms with E-state index in [0.717, 1.165) is 28.4 Å². The largest absolute Gasteiger partial charge is 0.365 e. The Kier molecular flexibility index (Phi) is 4.72. The molecule has 1 aliphatic rings. The number of fused-ring (bicyclic) bond motifs is 1. The van der Waals surface area contributed by atoms with Crippen molar-refractivity contribution in [1.82, 2.24) is 0 Å². The Hall–Kier alpha value is -1.41. The van der Waals surface area contributed by atoms with Gasteiger partial charge in [-0.1, -0.05) is 13.0 Å². The number of thiophene rings is 1. The second-order valence-corrected chi connectivity index (χ2v) is 8.24. The van der Waals surface area contributed by atoms with E-state index in [-0.39, 0.29) is 5.91 Å². The molecule has 1 aromatic carbocycles. The minimum absolute atomic E-state index is 0.210. The maximum absolute atomic E-state index is 12.5. The Labute approximate surface area is 152 Å². The van der Waals surface area contributed by atoms with Crippen molar-refractivity contribution in [1.29, 1.82) is 0 Å². The monoisotopic (exact) mass is 440 g/mol. The lowest BCUT2D eigenvalue weighted by Gasteiger charge is -2.18. The molecule has 3 rings (SSSR count). The molecule has 0 saturated carbocycles. The van der Waals surface area contributed by atoms with Crippen molar-refractivity contribution in [3.8, 4) is 0 Å². The van der Waals surface area contributed by atoms with E-state index >= 15 is 0 Å². The Morgan fingerprint density at radius 2 is 2.17 bits per heavy atom. The summed E-state index contributed by atoms with van der Waals surface area (Å²) in [5.41, 5.74) is 7.67. The number of hydrogen-bond acceptors (Lipinski definition) is 3. The molecule has 1 unspecified atom stereocenters. The number of benzene rings is 1. The van der Waals surface area contributed by atoms with Crippen molar-refractivity contribution in [2.75, 3.05) is 5.32 Å². The first-order valence-electron chi connectivity index (χ1n) is 7.47. The van der Waals surface area contributed by atoms with Crippen LogP contribution in [-0.2, 0) is 12.8 Å². The number of halogens is 1. The van der Waals surface area contributed by atoms with Gasteiger partial charge in [-0.15, -0.1) is 11.3 Å². The number of nitrogens with one attached hydrogen (secondary N) is 1. The van der Waals surface area contributed by atoms with Crippen LogP contribution in [0.2, 0.25) is 0 Å². The molecule has 1 aliphatic carbocycles. The molecular formula is C17H17IN2O2S. The van der Waals surface area contributed by atoms with E-state index in [9.17, 15) is 9.59 Å². The highest BCUT2D eigenvalue weighted by Gasteiger charge is 2.27. The summed E-state index contributed by atoms with van der Waals surface area (Å²) in [7, 11) is 0. The van der Waals surface area contributed by atoms with Crippen LogP contribution in [0.5, 0.6) is 0 Å². The van der Waals surface area contributed by atoms with Gasteiger partial charge in [-0.2, -0.15) is 0 Å². The fourth-order valence-electron chi connectivity index (χ4n) is 2.90. The van der Waals surface area contributed by atoms with Crippen molar-refractivity contribution < 1.29 is 9.59 Å². The molecule has 1 heterocycles. The number of amides is 2. The Balaban J connectivity index is 1.94. The van der Waals surface area contributed by atoms with Gasteiger partial charge < -0.3 is 11.1 Å². The summed E-state index contributed by atoms with van der Waals surface area (Å²) in [6.07, 6.45) is 2.85. The second-order valence-electron chi connectivity index (χ2n) is 5.88. The number of carbonyl (C=O) groups is 2. The number of rotatable bonds is 3. The fraction of sp³-hybridized carbons (Fsp3) is 0.294. The maximum atomic E-state index is 12.5. The standard InChI is InChI=1S/C17H17IN2O2S/c1-9-5-6-12-13(7-9)23-17(14(12)15(19)21)20-16(22)10-3-2-4-11(18)8-10/h2-4,8-9H,5-7H2,1H3,(H2,19,21)(H,20,22). The molecule has 0 saturated heterocycles. The Morgan fingerprint density at radius 3 is 2.87 bits per heavy atom. The fourth-order valence-corrected chi connectivity index (χ4v) is 4.86. The van der Waals surface area contributed by atoms with Gasteiger partial charge in [0.05, 0.1) is 5.56 Å². The highest BCUT2D eigenvalue weighted by molar-refractivity contribution is 14.1. The molecule has 0 radical (unpaired) electrons.